The topological polar surface area (TPSA) is 80.6 Å². The van der Waals surface area contributed by atoms with E-state index < -0.39 is 11.8 Å². The minimum atomic E-state index is -0.543. The summed E-state index contributed by atoms with van der Waals surface area (Å²) >= 11 is 0. The van der Waals surface area contributed by atoms with E-state index in [0.717, 1.165) is 11.1 Å². The minimum Gasteiger partial charge on any atom is -0.486 e. The maximum atomic E-state index is 12.2. The zero-order valence-corrected chi connectivity index (χ0v) is 15.1. The molecule has 3 rings (SSSR count). The second kappa shape index (κ2) is 8.23. The molecular weight excluding hydrogens is 344 g/mol. The van der Waals surface area contributed by atoms with Crippen molar-refractivity contribution in [2.24, 2.45) is 0 Å². The molecule has 6 heteroatoms. The molecule has 2 amide bonds. The van der Waals surface area contributed by atoms with Crippen LogP contribution < -0.4 is 15.6 Å². The van der Waals surface area contributed by atoms with Gasteiger partial charge >= 0.3 is 5.91 Å². The van der Waals surface area contributed by atoms with Crippen LogP contribution in [0.2, 0.25) is 0 Å². The predicted molar refractivity (Wildman–Crippen MR) is 100 cm³/mol. The van der Waals surface area contributed by atoms with Gasteiger partial charge in [0.05, 0.1) is 0 Å². The zero-order chi connectivity index (χ0) is 19.2. The van der Waals surface area contributed by atoms with Crippen molar-refractivity contribution in [3.63, 3.8) is 0 Å². The SMILES string of the molecule is Cc1cc(C)cc(C(=O)NNC(=O)c2ccc(COc3ccccc3)o2)c1. The standard InChI is InChI=1S/C21H20N2O4/c1-14-10-15(2)12-16(11-14)20(24)22-23-21(25)19-9-8-18(27-19)13-26-17-6-4-3-5-7-17/h3-12H,13H2,1-2H3,(H,22,24)(H,23,25). The van der Waals surface area contributed by atoms with Gasteiger partial charge in [-0.05, 0) is 50.2 Å². The van der Waals surface area contributed by atoms with E-state index in [9.17, 15) is 9.59 Å². The second-order valence-corrected chi connectivity index (χ2v) is 6.15. The Labute approximate surface area is 157 Å². The van der Waals surface area contributed by atoms with Crippen LogP contribution in [0.4, 0.5) is 0 Å². The average Bonchev–Trinajstić information content (AvgIpc) is 3.13. The van der Waals surface area contributed by atoms with E-state index in [2.05, 4.69) is 10.9 Å². The number of hydrogen-bond acceptors (Lipinski definition) is 4. The maximum Gasteiger partial charge on any atom is 0.305 e. The number of para-hydroxylation sites is 1. The molecule has 2 N–H and O–H groups in total. The summed E-state index contributed by atoms with van der Waals surface area (Å²) < 4.78 is 11.0. The predicted octanol–water partition coefficient (Wildman–Crippen LogP) is 3.55. The van der Waals surface area contributed by atoms with E-state index in [0.29, 0.717) is 17.1 Å². The van der Waals surface area contributed by atoms with Gasteiger partial charge in [0.1, 0.15) is 18.1 Å². The van der Waals surface area contributed by atoms with Crippen molar-refractivity contribution < 1.29 is 18.7 Å². The summed E-state index contributed by atoms with van der Waals surface area (Å²) in [5, 5.41) is 0. The van der Waals surface area contributed by atoms with Crippen LogP contribution in [-0.2, 0) is 6.61 Å². The summed E-state index contributed by atoms with van der Waals surface area (Å²) in [4.78, 5) is 24.3. The van der Waals surface area contributed by atoms with Crippen molar-refractivity contribution in [1.82, 2.24) is 10.9 Å². The first kappa shape index (κ1) is 18.3. The largest absolute Gasteiger partial charge is 0.486 e. The van der Waals surface area contributed by atoms with Crippen molar-refractivity contribution in [1.29, 1.82) is 0 Å². The van der Waals surface area contributed by atoms with E-state index >= 15 is 0 Å². The molecule has 2 aromatic carbocycles. The Bertz CT molecular complexity index is 928. The van der Waals surface area contributed by atoms with Gasteiger partial charge in [-0.3, -0.25) is 20.4 Å². The maximum absolute atomic E-state index is 12.2. The Morgan fingerprint density at radius 3 is 2.26 bits per heavy atom. The van der Waals surface area contributed by atoms with Gasteiger partial charge in [0, 0.05) is 5.56 Å². The molecule has 0 spiro atoms. The fourth-order valence-electron chi connectivity index (χ4n) is 2.60. The summed E-state index contributed by atoms with van der Waals surface area (Å²) in [6.07, 6.45) is 0. The van der Waals surface area contributed by atoms with Gasteiger partial charge in [0.25, 0.3) is 5.91 Å². The third kappa shape index (κ3) is 4.98. The van der Waals surface area contributed by atoms with Gasteiger partial charge in [-0.2, -0.15) is 0 Å². The van der Waals surface area contributed by atoms with Crippen LogP contribution in [-0.4, -0.2) is 11.8 Å². The van der Waals surface area contributed by atoms with Crippen LogP contribution in [0, 0.1) is 13.8 Å². The minimum absolute atomic E-state index is 0.0855. The Kier molecular flexibility index (Phi) is 5.56. The first-order valence-corrected chi connectivity index (χ1v) is 8.47. The summed E-state index contributed by atoms with van der Waals surface area (Å²) in [6.45, 7) is 4.01. The molecule has 0 saturated carbocycles. The summed E-state index contributed by atoms with van der Waals surface area (Å²) in [5.74, 6) is 0.362. The number of ether oxygens (including phenoxy) is 1. The number of amides is 2. The molecule has 1 aromatic heterocycles. The van der Waals surface area contributed by atoms with E-state index in [-0.39, 0.29) is 12.4 Å². The molecule has 1 heterocycles. The van der Waals surface area contributed by atoms with Crippen molar-refractivity contribution in [2.75, 3.05) is 0 Å². The van der Waals surface area contributed by atoms with Gasteiger partial charge in [-0.25, -0.2) is 0 Å². The average molecular weight is 364 g/mol. The van der Waals surface area contributed by atoms with E-state index in [1.807, 2.05) is 50.2 Å². The van der Waals surface area contributed by atoms with Crippen molar-refractivity contribution in [2.45, 2.75) is 20.5 Å². The summed E-state index contributed by atoms with van der Waals surface area (Å²) in [5.41, 5.74) is 7.16. The van der Waals surface area contributed by atoms with Gasteiger partial charge < -0.3 is 9.15 Å². The second-order valence-electron chi connectivity index (χ2n) is 6.15. The molecule has 6 nitrogen and oxygen atoms in total. The van der Waals surface area contributed by atoms with Gasteiger partial charge in [-0.15, -0.1) is 0 Å². The Hall–Kier alpha value is -3.54. The fraction of sp³-hybridized carbons (Fsp3) is 0.143. The molecule has 0 aliphatic carbocycles. The van der Waals surface area contributed by atoms with Gasteiger partial charge in [0.2, 0.25) is 0 Å². The van der Waals surface area contributed by atoms with Crippen LogP contribution in [0.5, 0.6) is 5.75 Å². The van der Waals surface area contributed by atoms with Crippen LogP contribution >= 0.6 is 0 Å². The number of carbonyl (C=O) groups excluding carboxylic acids is 2. The molecule has 27 heavy (non-hydrogen) atoms. The fourth-order valence-corrected chi connectivity index (χ4v) is 2.60. The number of benzene rings is 2. The first-order valence-electron chi connectivity index (χ1n) is 8.47. The molecule has 0 unspecified atom stereocenters. The Morgan fingerprint density at radius 1 is 0.889 bits per heavy atom. The molecule has 3 aromatic rings. The number of rotatable bonds is 5. The highest BCUT2D eigenvalue weighted by atomic mass is 16.5. The number of aryl methyl sites for hydroxylation is 2. The highest BCUT2D eigenvalue weighted by Gasteiger charge is 2.13. The van der Waals surface area contributed by atoms with Gasteiger partial charge in [-0.1, -0.05) is 35.4 Å². The van der Waals surface area contributed by atoms with Crippen molar-refractivity contribution in [3.05, 3.63) is 88.9 Å². The van der Waals surface area contributed by atoms with Crippen LogP contribution in [0.15, 0.2) is 65.1 Å². The number of carbonyl (C=O) groups is 2. The molecular formula is C21H20N2O4. The highest BCUT2D eigenvalue weighted by Crippen LogP contribution is 2.14. The molecule has 0 aliphatic rings. The third-order valence-electron chi connectivity index (χ3n) is 3.78. The third-order valence-corrected chi connectivity index (χ3v) is 3.78. The lowest BCUT2D eigenvalue weighted by Crippen LogP contribution is -2.41. The lowest BCUT2D eigenvalue weighted by Gasteiger charge is -2.07. The number of nitrogens with one attached hydrogen (secondary N) is 2. The van der Waals surface area contributed by atoms with Gasteiger partial charge in [0.15, 0.2) is 5.76 Å². The number of hydrogen-bond donors (Lipinski definition) is 2. The number of hydrazine groups is 1. The summed E-state index contributed by atoms with van der Waals surface area (Å²) in [7, 11) is 0. The van der Waals surface area contributed by atoms with Crippen LogP contribution in [0.3, 0.4) is 0 Å². The van der Waals surface area contributed by atoms with Crippen LogP contribution in [0.25, 0.3) is 0 Å². The van der Waals surface area contributed by atoms with Crippen molar-refractivity contribution >= 4 is 11.8 Å². The molecule has 0 aliphatic heterocycles. The Morgan fingerprint density at radius 2 is 1.56 bits per heavy atom. The monoisotopic (exact) mass is 364 g/mol. The molecule has 0 saturated heterocycles. The lowest BCUT2D eigenvalue weighted by molar-refractivity contribution is 0.0828. The van der Waals surface area contributed by atoms with Crippen LogP contribution in [0.1, 0.15) is 37.8 Å². The van der Waals surface area contributed by atoms with E-state index in [1.165, 1.54) is 6.07 Å². The van der Waals surface area contributed by atoms with E-state index in [1.54, 1.807) is 18.2 Å². The van der Waals surface area contributed by atoms with E-state index in [4.69, 9.17) is 9.15 Å². The molecule has 0 radical (unpaired) electrons. The van der Waals surface area contributed by atoms with Crippen molar-refractivity contribution in [3.8, 4) is 5.75 Å². The zero-order valence-electron chi connectivity index (χ0n) is 15.1. The molecule has 0 fully saturated rings. The molecule has 0 bridgehead atoms. The molecule has 0 atom stereocenters. The highest BCUT2D eigenvalue weighted by molar-refractivity contribution is 5.98. The number of furan rings is 1. The first-order chi connectivity index (χ1) is 13.0. The smallest absolute Gasteiger partial charge is 0.305 e. The summed E-state index contributed by atoms with van der Waals surface area (Å²) in [6, 6.07) is 18.0. The molecule has 138 valence electrons. The quantitative estimate of drug-likeness (QED) is 0.679. The Balaban J connectivity index is 1.54. The normalized spacial score (nSPS) is 10.3. The lowest BCUT2D eigenvalue weighted by atomic mass is 10.1.